The molecule has 0 bridgehead atoms. The summed E-state index contributed by atoms with van der Waals surface area (Å²) in [6, 6.07) is 5.29. The number of halogens is 2. The summed E-state index contributed by atoms with van der Waals surface area (Å²) in [5, 5.41) is 4.85. The highest BCUT2D eigenvalue weighted by Gasteiger charge is 2.15. The first-order valence-electron chi connectivity index (χ1n) is 8.16. The molecule has 2 N–H and O–H groups in total. The van der Waals surface area contributed by atoms with Gasteiger partial charge in [-0.3, -0.25) is 4.79 Å². The van der Waals surface area contributed by atoms with Gasteiger partial charge in [0, 0.05) is 18.3 Å². The van der Waals surface area contributed by atoms with Crippen molar-refractivity contribution < 1.29 is 27.8 Å². The Kier molecular flexibility index (Phi) is 7.04. The number of carbonyl (C=O) groups excluding carboxylic acids is 2. The SMILES string of the molecule is CCOC(=O)CNC(=O)NCc1cccnc1Oc1ccc(C)c(F)c1F. The second kappa shape index (κ2) is 9.46. The number of benzene rings is 1. The van der Waals surface area contributed by atoms with Crippen LogP contribution in [0.4, 0.5) is 13.6 Å². The van der Waals surface area contributed by atoms with Gasteiger partial charge in [-0.05, 0) is 31.5 Å². The number of ether oxygens (including phenoxy) is 2. The molecule has 0 aliphatic heterocycles. The van der Waals surface area contributed by atoms with Crippen molar-refractivity contribution in [3.8, 4) is 11.6 Å². The Bertz CT molecular complexity index is 830. The van der Waals surface area contributed by atoms with Gasteiger partial charge in [-0.25, -0.2) is 14.2 Å². The summed E-state index contributed by atoms with van der Waals surface area (Å²) in [6.45, 7) is 3.03. The summed E-state index contributed by atoms with van der Waals surface area (Å²) in [4.78, 5) is 26.9. The first kappa shape index (κ1) is 20.1. The molecule has 2 aromatic rings. The van der Waals surface area contributed by atoms with E-state index in [1.807, 2.05) is 0 Å². The molecule has 1 aromatic carbocycles. The third-order valence-corrected chi connectivity index (χ3v) is 3.43. The largest absolute Gasteiger partial charge is 0.465 e. The molecule has 2 rings (SSSR count). The van der Waals surface area contributed by atoms with E-state index in [0.29, 0.717) is 5.56 Å². The van der Waals surface area contributed by atoms with E-state index in [-0.39, 0.29) is 36.9 Å². The highest BCUT2D eigenvalue weighted by Crippen LogP contribution is 2.28. The Hall–Kier alpha value is -3.23. The van der Waals surface area contributed by atoms with Crippen LogP contribution in [0.3, 0.4) is 0 Å². The first-order chi connectivity index (χ1) is 12.9. The van der Waals surface area contributed by atoms with Crippen LogP contribution in [-0.2, 0) is 16.1 Å². The maximum absolute atomic E-state index is 14.0. The molecule has 0 aliphatic rings. The molecule has 0 unspecified atom stereocenters. The lowest BCUT2D eigenvalue weighted by molar-refractivity contribution is -0.141. The molecule has 0 fully saturated rings. The Morgan fingerprint density at radius 1 is 1.15 bits per heavy atom. The number of pyridine rings is 1. The number of hydrogen-bond donors (Lipinski definition) is 2. The zero-order valence-corrected chi connectivity index (χ0v) is 14.8. The van der Waals surface area contributed by atoms with Crippen molar-refractivity contribution in [2.24, 2.45) is 0 Å². The molecule has 2 amide bonds. The smallest absolute Gasteiger partial charge is 0.325 e. The van der Waals surface area contributed by atoms with Crippen LogP contribution in [0.2, 0.25) is 0 Å². The zero-order valence-electron chi connectivity index (χ0n) is 14.8. The second-order valence-corrected chi connectivity index (χ2v) is 5.42. The number of urea groups is 1. The van der Waals surface area contributed by atoms with Crippen molar-refractivity contribution in [1.29, 1.82) is 0 Å². The minimum atomic E-state index is -1.12. The number of esters is 1. The maximum atomic E-state index is 14.0. The summed E-state index contributed by atoms with van der Waals surface area (Å²) < 4.78 is 37.7. The summed E-state index contributed by atoms with van der Waals surface area (Å²) in [5.74, 6) is -2.97. The number of nitrogens with zero attached hydrogens (tertiary/aromatic N) is 1. The average molecular weight is 379 g/mol. The van der Waals surface area contributed by atoms with Crippen molar-refractivity contribution in [1.82, 2.24) is 15.6 Å². The van der Waals surface area contributed by atoms with Crippen LogP contribution in [0.25, 0.3) is 0 Å². The Morgan fingerprint density at radius 3 is 2.67 bits per heavy atom. The van der Waals surface area contributed by atoms with E-state index in [0.717, 1.165) is 0 Å². The lowest BCUT2D eigenvalue weighted by Gasteiger charge is -2.12. The molecule has 0 atom stereocenters. The molecule has 9 heteroatoms. The monoisotopic (exact) mass is 379 g/mol. The molecular weight excluding hydrogens is 360 g/mol. The third kappa shape index (κ3) is 5.63. The van der Waals surface area contributed by atoms with Crippen molar-refractivity contribution in [2.75, 3.05) is 13.2 Å². The highest BCUT2D eigenvalue weighted by molar-refractivity contribution is 5.80. The Balaban J connectivity index is 2.01. The Labute approximate surface area is 154 Å². The van der Waals surface area contributed by atoms with Gasteiger partial charge in [0.05, 0.1) is 6.61 Å². The molecule has 27 heavy (non-hydrogen) atoms. The molecular formula is C18H19F2N3O4. The van der Waals surface area contributed by atoms with E-state index in [2.05, 4.69) is 15.6 Å². The van der Waals surface area contributed by atoms with Crippen LogP contribution < -0.4 is 15.4 Å². The van der Waals surface area contributed by atoms with E-state index in [1.54, 1.807) is 19.1 Å². The molecule has 1 aromatic heterocycles. The zero-order chi connectivity index (χ0) is 19.8. The van der Waals surface area contributed by atoms with Crippen molar-refractivity contribution >= 4 is 12.0 Å². The van der Waals surface area contributed by atoms with E-state index in [1.165, 1.54) is 25.3 Å². The van der Waals surface area contributed by atoms with E-state index >= 15 is 0 Å². The van der Waals surface area contributed by atoms with Crippen molar-refractivity contribution in [3.63, 3.8) is 0 Å². The quantitative estimate of drug-likeness (QED) is 0.722. The Morgan fingerprint density at radius 2 is 1.93 bits per heavy atom. The number of nitrogens with one attached hydrogen (secondary N) is 2. The molecule has 7 nitrogen and oxygen atoms in total. The normalized spacial score (nSPS) is 10.2. The molecule has 1 heterocycles. The molecule has 0 aliphatic carbocycles. The third-order valence-electron chi connectivity index (χ3n) is 3.43. The lowest BCUT2D eigenvalue weighted by atomic mass is 10.2. The van der Waals surface area contributed by atoms with E-state index in [4.69, 9.17) is 9.47 Å². The minimum absolute atomic E-state index is 0.00616. The van der Waals surface area contributed by atoms with Gasteiger partial charge in [-0.2, -0.15) is 4.39 Å². The van der Waals surface area contributed by atoms with Gasteiger partial charge in [0.15, 0.2) is 11.6 Å². The van der Waals surface area contributed by atoms with Gasteiger partial charge >= 0.3 is 12.0 Å². The number of aromatic nitrogens is 1. The maximum Gasteiger partial charge on any atom is 0.325 e. The molecule has 0 saturated carbocycles. The van der Waals surface area contributed by atoms with Gasteiger partial charge in [-0.1, -0.05) is 12.1 Å². The van der Waals surface area contributed by atoms with Crippen LogP contribution in [0.5, 0.6) is 11.6 Å². The fourth-order valence-electron chi connectivity index (χ4n) is 2.06. The van der Waals surface area contributed by atoms with E-state index in [9.17, 15) is 18.4 Å². The van der Waals surface area contributed by atoms with Crippen LogP contribution in [0.1, 0.15) is 18.1 Å². The van der Waals surface area contributed by atoms with Gasteiger partial charge in [0.25, 0.3) is 0 Å². The van der Waals surface area contributed by atoms with Crippen LogP contribution in [0.15, 0.2) is 30.5 Å². The number of amides is 2. The number of rotatable bonds is 7. The molecule has 144 valence electrons. The fraction of sp³-hybridized carbons (Fsp3) is 0.278. The fourth-order valence-corrected chi connectivity index (χ4v) is 2.06. The topological polar surface area (TPSA) is 89.5 Å². The highest BCUT2D eigenvalue weighted by atomic mass is 19.2. The van der Waals surface area contributed by atoms with Crippen molar-refractivity contribution in [2.45, 2.75) is 20.4 Å². The summed E-state index contributed by atoms with van der Waals surface area (Å²) >= 11 is 0. The van der Waals surface area contributed by atoms with Crippen molar-refractivity contribution in [3.05, 3.63) is 53.2 Å². The lowest BCUT2D eigenvalue weighted by Crippen LogP contribution is -2.38. The second-order valence-electron chi connectivity index (χ2n) is 5.42. The van der Waals surface area contributed by atoms with Gasteiger partial charge in [0.2, 0.25) is 11.7 Å². The summed E-state index contributed by atoms with van der Waals surface area (Å²) in [7, 11) is 0. The predicted octanol–water partition coefficient (Wildman–Crippen LogP) is 2.82. The minimum Gasteiger partial charge on any atom is -0.465 e. The predicted molar refractivity (Wildman–Crippen MR) is 92.3 cm³/mol. The molecule has 0 spiro atoms. The van der Waals surface area contributed by atoms with E-state index < -0.39 is 23.6 Å². The number of hydrogen-bond acceptors (Lipinski definition) is 5. The number of carbonyl (C=O) groups is 2. The van der Waals surface area contributed by atoms with Gasteiger partial charge in [0.1, 0.15) is 6.54 Å². The number of aryl methyl sites for hydroxylation is 1. The van der Waals surface area contributed by atoms with Crippen LogP contribution >= 0.6 is 0 Å². The van der Waals surface area contributed by atoms with Gasteiger partial charge < -0.3 is 20.1 Å². The first-order valence-corrected chi connectivity index (χ1v) is 8.16. The van der Waals surface area contributed by atoms with Gasteiger partial charge in [-0.15, -0.1) is 0 Å². The average Bonchev–Trinajstić information content (AvgIpc) is 2.66. The van der Waals surface area contributed by atoms with Crippen LogP contribution in [-0.4, -0.2) is 30.1 Å². The summed E-state index contributed by atoms with van der Waals surface area (Å²) in [5.41, 5.74) is 0.588. The van der Waals surface area contributed by atoms with Crippen LogP contribution in [0, 0.1) is 18.6 Å². The molecule has 0 radical (unpaired) electrons. The molecule has 0 saturated heterocycles. The summed E-state index contributed by atoms with van der Waals surface area (Å²) in [6.07, 6.45) is 1.42. The standard InChI is InChI=1S/C18H19F2N3O4/c1-3-26-14(24)10-23-18(25)22-9-12-5-4-8-21-17(12)27-13-7-6-11(2)15(19)16(13)20/h4-8H,3,9-10H2,1-2H3,(H2,22,23,25).